The summed E-state index contributed by atoms with van der Waals surface area (Å²) in [6.45, 7) is 2.00. The van der Waals surface area contributed by atoms with E-state index in [1.807, 2.05) is 43.3 Å². The van der Waals surface area contributed by atoms with Gasteiger partial charge in [0.2, 0.25) is 5.89 Å². The van der Waals surface area contributed by atoms with Crippen LogP contribution in [-0.4, -0.2) is 10.9 Å². The third-order valence-corrected chi connectivity index (χ3v) is 4.36. The smallest absolute Gasteiger partial charge is 0.255 e. The van der Waals surface area contributed by atoms with Crippen LogP contribution in [0.1, 0.15) is 15.9 Å². The number of aryl methyl sites for hydroxylation is 1. The van der Waals surface area contributed by atoms with E-state index in [4.69, 9.17) is 16.0 Å². The summed E-state index contributed by atoms with van der Waals surface area (Å²) in [5.74, 6) is 0.235. The summed E-state index contributed by atoms with van der Waals surface area (Å²) in [4.78, 5) is 16.9. The molecule has 0 spiro atoms. The first-order valence-corrected chi connectivity index (χ1v) is 8.51. The van der Waals surface area contributed by atoms with Gasteiger partial charge in [0.15, 0.2) is 5.58 Å². The van der Waals surface area contributed by atoms with Gasteiger partial charge in [0.1, 0.15) is 5.52 Å². The highest BCUT2D eigenvalue weighted by molar-refractivity contribution is 6.33. The predicted octanol–water partition coefficient (Wildman–Crippen LogP) is 5.71. The molecule has 4 aromatic rings. The molecule has 0 aliphatic rings. The third-order valence-electron chi connectivity index (χ3n) is 4.03. The number of nitrogens with zero attached hydrogens (tertiary/aromatic N) is 1. The van der Waals surface area contributed by atoms with Gasteiger partial charge in [-0.15, -0.1) is 0 Å². The van der Waals surface area contributed by atoms with Gasteiger partial charge in [-0.05, 0) is 55.0 Å². The van der Waals surface area contributed by atoms with E-state index in [9.17, 15) is 4.79 Å². The van der Waals surface area contributed by atoms with Crippen molar-refractivity contribution in [2.45, 2.75) is 6.92 Å². The molecular formula is C21H15ClN2O2. The van der Waals surface area contributed by atoms with E-state index < -0.39 is 0 Å². The van der Waals surface area contributed by atoms with Gasteiger partial charge in [0.25, 0.3) is 5.91 Å². The van der Waals surface area contributed by atoms with Crippen LogP contribution < -0.4 is 5.32 Å². The first-order valence-electron chi connectivity index (χ1n) is 8.14. The number of hydrogen-bond donors (Lipinski definition) is 1. The molecule has 0 radical (unpaired) electrons. The second kappa shape index (κ2) is 6.65. The summed E-state index contributed by atoms with van der Waals surface area (Å²) < 4.78 is 5.83. The molecule has 5 heteroatoms. The molecular weight excluding hydrogens is 348 g/mol. The normalized spacial score (nSPS) is 10.8. The SMILES string of the molecule is Cc1ccc2oc(-c3cc(NC(=O)c4ccccc4)ccc3Cl)nc2c1. The molecule has 0 saturated carbocycles. The number of rotatable bonds is 3. The molecule has 1 aromatic heterocycles. The van der Waals surface area contributed by atoms with Crippen molar-refractivity contribution in [2.75, 3.05) is 5.32 Å². The molecule has 0 aliphatic carbocycles. The van der Waals surface area contributed by atoms with Crippen molar-refractivity contribution in [3.05, 3.63) is 82.9 Å². The quantitative estimate of drug-likeness (QED) is 0.508. The Bertz CT molecular complexity index is 1100. The number of hydrogen-bond acceptors (Lipinski definition) is 3. The van der Waals surface area contributed by atoms with E-state index in [0.717, 1.165) is 11.1 Å². The standard InChI is InChI=1S/C21H15ClN2O2/c1-13-7-10-19-18(11-13)24-21(26-19)16-12-15(8-9-17(16)22)23-20(25)14-5-3-2-4-6-14/h2-12H,1H3,(H,23,25). The van der Waals surface area contributed by atoms with E-state index >= 15 is 0 Å². The van der Waals surface area contributed by atoms with Crippen LogP contribution >= 0.6 is 11.6 Å². The van der Waals surface area contributed by atoms with Crippen LogP contribution in [-0.2, 0) is 0 Å². The lowest BCUT2D eigenvalue weighted by molar-refractivity contribution is 0.102. The molecule has 1 amide bonds. The lowest BCUT2D eigenvalue weighted by atomic mass is 10.1. The zero-order valence-electron chi connectivity index (χ0n) is 14.0. The van der Waals surface area contributed by atoms with Crippen LogP contribution in [0.2, 0.25) is 5.02 Å². The molecule has 0 saturated heterocycles. The maximum absolute atomic E-state index is 12.3. The van der Waals surface area contributed by atoms with Crippen LogP contribution in [0, 0.1) is 6.92 Å². The van der Waals surface area contributed by atoms with Crippen LogP contribution in [0.4, 0.5) is 5.69 Å². The average Bonchev–Trinajstić information content (AvgIpc) is 3.07. The first kappa shape index (κ1) is 16.4. The second-order valence-electron chi connectivity index (χ2n) is 6.00. The van der Waals surface area contributed by atoms with E-state index in [1.54, 1.807) is 30.3 Å². The van der Waals surface area contributed by atoms with Gasteiger partial charge in [0.05, 0.1) is 10.6 Å². The van der Waals surface area contributed by atoms with Crippen molar-refractivity contribution < 1.29 is 9.21 Å². The number of carbonyl (C=O) groups is 1. The second-order valence-corrected chi connectivity index (χ2v) is 6.41. The number of anilines is 1. The van der Waals surface area contributed by atoms with Crippen molar-refractivity contribution in [3.8, 4) is 11.5 Å². The number of fused-ring (bicyclic) bond motifs is 1. The minimum absolute atomic E-state index is 0.188. The molecule has 0 aliphatic heterocycles. The Hall–Kier alpha value is -3.11. The highest BCUT2D eigenvalue weighted by Crippen LogP contribution is 2.32. The van der Waals surface area contributed by atoms with Crippen LogP contribution in [0.25, 0.3) is 22.6 Å². The minimum Gasteiger partial charge on any atom is -0.436 e. The van der Waals surface area contributed by atoms with Gasteiger partial charge in [-0.1, -0.05) is 35.9 Å². The number of aromatic nitrogens is 1. The van der Waals surface area contributed by atoms with Gasteiger partial charge in [-0.2, -0.15) is 0 Å². The van der Waals surface area contributed by atoms with Crippen molar-refractivity contribution in [2.24, 2.45) is 0 Å². The van der Waals surface area contributed by atoms with E-state index in [-0.39, 0.29) is 5.91 Å². The summed E-state index contributed by atoms with van der Waals surface area (Å²) in [5.41, 5.74) is 4.41. The number of carbonyl (C=O) groups excluding carboxylic acids is 1. The highest BCUT2D eigenvalue weighted by Gasteiger charge is 2.14. The Morgan fingerprint density at radius 2 is 1.85 bits per heavy atom. The fourth-order valence-corrected chi connectivity index (χ4v) is 2.91. The Balaban J connectivity index is 1.68. The third kappa shape index (κ3) is 3.19. The molecule has 1 heterocycles. The predicted molar refractivity (Wildman–Crippen MR) is 104 cm³/mol. The monoisotopic (exact) mass is 362 g/mol. The van der Waals surface area contributed by atoms with Crippen molar-refractivity contribution in [1.82, 2.24) is 4.98 Å². The minimum atomic E-state index is -0.188. The van der Waals surface area contributed by atoms with E-state index in [0.29, 0.717) is 33.3 Å². The van der Waals surface area contributed by atoms with Crippen molar-refractivity contribution >= 4 is 34.3 Å². The summed E-state index contributed by atoms with van der Waals surface area (Å²) in [7, 11) is 0. The molecule has 4 rings (SSSR count). The van der Waals surface area contributed by atoms with Crippen LogP contribution in [0.3, 0.4) is 0 Å². The fraction of sp³-hybridized carbons (Fsp3) is 0.0476. The topological polar surface area (TPSA) is 55.1 Å². The maximum atomic E-state index is 12.3. The zero-order valence-corrected chi connectivity index (χ0v) is 14.7. The molecule has 0 fully saturated rings. The van der Waals surface area contributed by atoms with Crippen molar-refractivity contribution in [1.29, 1.82) is 0 Å². The highest BCUT2D eigenvalue weighted by atomic mass is 35.5. The van der Waals surface area contributed by atoms with Gasteiger partial charge in [-0.3, -0.25) is 4.79 Å². The van der Waals surface area contributed by atoms with E-state index in [1.165, 1.54) is 0 Å². The first-order chi connectivity index (χ1) is 12.6. The molecule has 26 heavy (non-hydrogen) atoms. The average molecular weight is 363 g/mol. The van der Waals surface area contributed by atoms with Gasteiger partial charge in [0, 0.05) is 11.3 Å². The molecule has 3 aromatic carbocycles. The van der Waals surface area contributed by atoms with Gasteiger partial charge in [-0.25, -0.2) is 4.98 Å². The summed E-state index contributed by atoms with van der Waals surface area (Å²) >= 11 is 6.33. The molecule has 4 nitrogen and oxygen atoms in total. The van der Waals surface area contributed by atoms with E-state index in [2.05, 4.69) is 10.3 Å². The summed E-state index contributed by atoms with van der Waals surface area (Å²) in [5, 5.41) is 3.38. The number of halogens is 1. The van der Waals surface area contributed by atoms with Gasteiger partial charge >= 0.3 is 0 Å². The molecule has 128 valence electrons. The number of amides is 1. The molecule has 0 atom stereocenters. The van der Waals surface area contributed by atoms with Crippen LogP contribution in [0.5, 0.6) is 0 Å². The largest absolute Gasteiger partial charge is 0.436 e. The lowest BCUT2D eigenvalue weighted by Gasteiger charge is -2.07. The van der Waals surface area contributed by atoms with Gasteiger partial charge < -0.3 is 9.73 Å². The molecule has 0 unspecified atom stereocenters. The maximum Gasteiger partial charge on any atom is 0.255 e. The number of benzene rings is 3. The van der Waals surface area contributed by atoms with Crippen molar-refractivity contribution in [3.63, 3.8) is 0 Å². The molecule has 1 N–H and O–H groups in total. The Morgan fingerprint density at radius 1 is 1.04 bits per heavy atom. The summed E-state index contributed by atoms with van der Waals surface area (Å²) in [6.07, 6.45) is 0. The Kier molecular flexibility index (Phi) is 4.19. The summed E-state index contributed by atoms with van der Waals surface area (Å²) in [6, 6.07) is 20.1. The number of oxazole rings is 1. The zero-order chi connectivity index (χ0) is 18.1. The number of nitrogens with one attached hydrogen (secondary N) is 1. The Morgan fingerprint density at radius 3 is 2.65 bits per heavy atom. The van der Waals surface area contributed by atoms with Crippen LogP contribution in [0.15, 0.2) is 71.1 Å². The molecule has 0 bridgehead atoms. The lowest BCUT2D eigenvalue weighted by Crippen LogP contribution is -2.11. The fourth-order valence-electron chi connectivity index (χ4n) is 2.71. The Labute approximate surface area is 155 Å².